The van der Waals surface area contributed by atoms with Crippen molar-refractivity contribution in [3.05, 3.63) is 29.8 Å². The third-order valence-electron chi connectivity index (χ3n) is 1.50. The molecule has 0 atom stereocenters. The van der Waals surface area contributed by atoms with Crippen LogP contribution in [0.2, 0.25) is 0 Å². The molecule has 1 aromatic carbocycles. The van der Waals surface area contributed by atoms with Gasteiger partial charge in [-0.1, -0.05) is 6.07 Å². The number of carbonyl (C=O) groups is 1. The van der Waals surface area contributed by atoms with E-state index in [1.807, 2.05) is 0 Å². The SMILES string of the molecule is COC(=O)c1cccc(OC(O)(F)F)c1. The molecule has 0 aliphatic heterocycles. The Morgan fingerprint density at radius 2 is 2.13 bits per heavy atom. The number of hydrogen-bond donors (Lipinski definition) is 1. The van der Waals surface area contributed by atoms with E-state index in [2.05, 4.69) is 9.47 Å². The zero-order valence-corrected chi connectivity index (χ0v) is 7.74. The molecule has 0 saturated carbocycles. The number of halogens is 2. The summed E-state index contributed by atoms with van der Waals surface area (Å²) in [6.45, 7) is 0. The summed E-state index contributed by atoms with van der Waals surface area (Å²) in [5.41, 5.74) is 0.0549. The lowest BCUT2D eigenvalue weighted by atomic mass is 10.2. The lowest BCUT2D eigenvalue weighted by Gasteiger charge is -2.11. The molecule has 0 aromatic heterocycles. The number of aliphatic hydroxyl groups is 1. The highest BCUT2D eigenvalue weighted by Crippen LogP contribution is 2.20. The lowest BCUT2D eigenvalue weighted by molar-refractivity contribution is -0.327. The number of rotatable bonds is 3. The minimum atomic E-state index is -4.27. The van der Waals surface area contributed by atoms with Gasteiger partial charge in [0.15, 0.2) is 0 Å². The Kier molecular flexibility index (Phi) is 3.21. The van der Waals surface area contributed by atoms with Gasteiger partial charge in [-0.3, -0.25) is 0 Å². The fraction of sp³-hybridized carbons (Fsp3) is 0.222. The summed E-state index contributed by atoms with van der Waals surface area (Å²) in [5, 5.41) is 8.09. The molecular weight excluding hydrogens is 210 g/mol. The quantitative estimate of drug-likeness (QED) is 0.615. The van der Waals surface area contributed by atoms with Gasteiger partial charge in [0.05, 0.1) is 12.7 Å². The number of carbonyl (C=O) groups excluding carboxylic acids is 1. The highest BCUT2D eigenvalue weighted by molar-refractivity contribution is 5.89. The van der Waals surface area contributed by atoms with E-state index in [0.717, 1.165) is 13.2 Å². The summed E-state index contributed by atoms with van der Waals surface area (Å²) < 4.78 is 32.3. The van der Waals surface area contributed by atoms with Crippen molar-refractivity contribution < 1.29 is 28.2 Å². The Morgan fingerprint density at radius 3 is 2.67 bits per heavy atom. The summed E-state index contributed by atoms with van der Waals surface area (Å²) in [5.74, 6) is -1.01. The van der Waals surface area contributed by atoms with Crippen LogP contribution < -0.4 is 4.74 Å². The van der Waals surface area contributed by atoms with E-state index in [-0.39, 0.29) is 11.3 Å². The van der Waals surface area contributed by atoms with Crippen LogP contribution in [-0.4, -0.2) is 24.5 Å². The lowest BCUT2D eigenvalue weighted by Crippen LogP contribution is -2.23. The first-order chi connectivity index (χ1) is 6.92. The van der Waals surface area contributed by atoms with E-state index in [9.17, 15) is 13.6 Å². The maximum atomic E-state index is 12.0. The van der Waals surface area contributed by atoms with Gasteiger partial charge in [-0.05, 0) is 18.2 Å². The van der Waals surface area contributed by atoms with Crippen molar-refractivity contribution >= 4 is 5.97 Å². The Hall–Kier alpha value is -1.69. The van der Waals surface area contributed by atoms with Gasteiger partial charge < -0.3 is 14.6 Å². The van der Waals surface area contributed by atoms with Crippen LogP contribution in [0.4, 0.5) is 8.78 Å². The monoisotopic (exact) mass is 218 g/mol. The Balaban J connectivity index is 2.88. The molecule has 1 N–H and O–H groups in total. The van der Waals surface area contributed by atoms with Crippen LogP contribution in [0.15, 0.2) is 24.3 Å². The number of benzene rings is 1. The molecule has 82 valence electrons. The predicted octanol–water partition coefficient (Wildman–Crippen LogP) is 1.39. The van der Waals surface area contributed by atoms with Crippen molar-refractivity contribution in [2.45, 2.75) is 6.29 Å². The number of ether oxygens (including phenoxy) is 2. The molecule has 1 rings (SSSR count). The normalized spacial score (nSPS) is 10.9. The van der Waals surface area contributed by atoms with Crippen molar-refractivity contribution in [1.29, 1.82) is 0 Å². The molecular formula is C9H8F2O4. The minimum absolute atomic E-state index is 0.0549. The molecule has 0 heterocycles. The van der Waals surface area contributed by atoms with Gasteiger partial charge in [-0.25, -0.2) is 4.79 Å². The summed E-state index contributed by atoms with van der Waals surface area (Å²) in [4.78, 5) is 11.0. The van der Waals surface area contributed by atoms with Crippen molar-refractivity contribution in [1.82, 2.24) is 0 Å². The van der Waals surface area contributed by atoms with Gasteiger partial charge in [0.1, 0.15) is 5.75 Å². The summed E-state index contributed by atoms with van der Waals surface area (Å²) in [6.07, 6.45) is -4.27. The first-order valence-electron chi connectivity index (χ1n) is 3.90. The van der Waals surface area contributed by atoms with Crippen LogP contribution in [0, 0.1) is 0 Å². The standard InChI is InChI=1S/C9H8F2O4/c1-14-8(12)6-3-2-4-7(5-6)15-9(10,11)13/h2-5,13H,1H3. The molecule has 0 bridgehead atoms. The van der Waals surface area contributed by atoms with E-state index in [4.69, 9.17) is 5.11 Å². The smallest absolute Gasteiger partial charge is 0.465 e. The topological polar surface area (TPSA) is 55.8 Å². The van der Waals surface area contributed by atoms with Crippen molar-refractivity contribution in [2.75, 3.05) is 7.11 Å². The molecule has 1 aromatic rings. The van der Waals surface area contributed by atoms with Gasteiger partial charge in [-0.2, -0.15) is 0 Å². The van der Waals surface area contributed by atoms with E-state index in [1.54, 1.807) is 0 Å². The first kappa shape index (κ1) is 11.4. The van der Waals surface area contributed by atoms with E-state index in [0.29, 0.717) is 0 Å². The molecule has 6 heteroatoms. The first-order valence-corrected chi connectivity index (χ1v) is 3.90. The highest BCUT2D eigenvalue weighted by atomic mass is 19.3. The average Bonchev–Trinajstić information content (AvgIpc) is 2.14. The predicted molar refractivity (Wildman–Crippen MR) is 45.6 cm³/mol. The van der Waals surface area contributed by atoms with Crippen molar-refractivity contribution in [2.24, 2.45) is 0 Å². The Bertz CT molecular complexity index is 359. The Morgan fingerprint density at radius 1 is 1.47 bits per heavy atom. The van der Waals surface area contributed by atoms with Crippen LogP contribution in [-0.2, 0) is 4.74 Å². The second-order valence-corrected chi connectivity index (χ2v) is 2.61. The second-order valence-electron chi connectivity index (χ2n) is 2.61. The van der Waals surface area contributed by atoms with Gasteiger partial charge in [0.25, 0.3) is 0 Å². The van der Waals surface area contributed by atoms with Crippen LogP contribution in [0.3, 0.4) is 0 Å². The summed E-state index contributed by atoms with van der Waals surface area (Å²) >= 11 is 0. The van der Waals surface area contributed by atoms with E-state index in [1.165, 1.54) is 18.2 Å². The summed E-state index contributed by atoms with van der Waals surface area (Å²) in [7, 11) is 1.16. The van der Waals surface area contributed by atoms with Gasteiger partial charge in [0, 0.05) is 0 Å². The molecule has 4 nitrogen and oxygen atoms in total. The van der Waals surface area contributed by atoms with Crippen LogP contribution in [0.1, 0.15) is 10.4 Å². The molecule has 0 fully saturated rings. The average molecular weight is 218 g/mol. The fourth-order valence-corrected chi connectivity index (χ4v) is 0.946. The van der Waals surface area contributed by atoms with E-state index >= 15 is 0 Å². The van der Waals surface area contributed by atoms with Gasteiger partial charge in [-0.15, -0.1) is 8.78 Å². The zero-order chi connectivity index (χ0) is 11.5. The molecule has 15 heavy (non-hydrogen) atoms. The van der Waals surface area contributed by atoms with Gasteiger partial charge in [0.2, 0.25) is 0 Å². The molecule has 0 aliphatic carbocycles. The zero-order valence-electron chi connectivity index (χ0n) is 7.74. The molecule has 0 saturated heterocycles. The second kappa shape index (κ2) is 4.22. The summed E-state index contributed by atoms with van der Waals surface area (Å²) in [6, 6.07) is 4.91. The van der Waals surface area contributed by atoms with Gasteiger partial charge >= 0.3 is 12.3 Å². The number of hydrogen-bond acceptors (Lipinski definition) is 4. The van der Waals surface area contributed by atoms with E-state index < -0.39 is 12.3 Å². The maximum absolute atomic E-state index is 12.0. The third kappa shape index (κ3) is 3.51. The van der Waals surface area contributed by atoms with Crippen LogP contribution in [0.25, 0.3) is 0 Å². The number of alkyl halides is 2. The number of esters is 1. The van der Waals surface area contributed by atoms with Crippen LogP contribution in [0.5, 0.6) is 5.75 Å². The fourth-order valence-electron chi connectivity index (χ4n) is 0.946. The molecule has 0 unspecified atom stereocenters. The third-order valence-corrected chi connectivity index (χ3v) is 1.50. The maximum Gasteiger partial charge on any atom is 0.532 e. The van der Waals surface area contributed by atoms with Crippen molar-refractivity contribution in [3.63, 3.8) is 0 Å². The van der Waals surface area contributed by atoms with Crippen molar-refractivity contribution in [3.8, 4) is 5.75 Å². The largest absolute Gasteiger partial charge is 0.532 e. The highest BCUT2D eigenvalue weighted by Gasteiger charge is 2.27. The Labute approximate surface area is 84.0 Å². The molecule has 0 amide bonds. The molecule has 0 spiro atoms. The molecule has 0 aliphatic rings. The number of methoxy groups -OCH3 is 1. The van der Waals surface area contributed by atoms with Crippen LogP contribution >= 0.6 is 0 Å². The molecule has 0 radical (unpaired) electrons. The minimum Gasteiger partial charge on any atom is -0.465 e.